The molecule has 11 heteroatoms. The number of aromatic nitrogens is 3. The Morgan fingerprint density at radius 2 is 1.85 bits per heavy atom. The summed E-state index contributed by atoms with van der Waals surface area (Å²) in [5, 5.41) is 14.1. The van der Waals surface area contributed by atoms with Crippen LogP contribution in [0.5, 0.6) is 5.75 Å². The Bertz CT molecular complexity index is 1170. The number of thioether (sulfide) groups is 1. The average Bonchev–Trinajstić information content (AvgIpc) is 3.17. The summed E-state index contributed by atoms with van der Waals surface area (Å²) in [5.41, 5.74) is 1.02. The fourth-order valence-electron chi connectivity index (χ4n) is 2.92. The van der Waals surface area contributed by atoms with Crippen LogP contribution in [0.3, 0.4) is 0 Å². The van der Waals surface area contributed by atoms with Crippen molar-refractivity contribution >= 4 is 46.6 Å². The van der Waals surface area contributed by atoms with E-state index >= 15 is 0 Å². The van der Waals surface area contributed by atoms with Gasteiger partial charge in [-0.3, -0.25) is 9.59 Å². The molecule has 34 heavy (non-hydrogen) atoms. The fraction of sp³-hybridized carbons (Fsp3) is 0.217. The predicted molar refractivity (Wildman–Crippen MR) is 131 cm³/mol. The Morgan fingerprint density at radius 3 is 2.53 bits per heavy atom. The van der Waals surface area contributed by atoms with Crippen molar-refractivity contribution in [3.63, 3.8) is 0 Å². The van der Waals surface area contributed by atoms with E-state index < -0.39 is 5.82 Å². The van der Waals surface area contributed by atoms with E-state index in [2.05, 4.69) is 27.4 Å². The van der Waals surface area contributed by atoms with E-state index in [0.29, 0.717) is 35.5 Å². The molecule has 0 atom stereocenters. The summed E-state index contributed by atoms with van der Waals surface area (Å²) >= 11 is 6.90. The van der Waals surface area contributed by atoms with Gasteiger partial charge in [0.05, 0.1) is 23.8 Å². The van der Waals surface area contributed by atoms with Crippen LogP contribution in [0, 0.1) is 5.82 Å². The van der Waals surface area contributed by atoms with E-state index in [0.717, 1.165) is 17.5 Å². The third kappa shape index (κ3) is 7.06. The number of carbonyl (C=O) groups excluding carboxylic acids is 2. The van der Waals surface area contributed by atoms with Gasteiger partial charge in [-0.15, -0.1) is 16.8 Å². The zero-order valence-electron chi connectivity index (χ0n) is 18.4. The van der Waals surface area contributed by atoms with Crippen molar-refractivity contribution in [1.29, 1.82) is 0 Å². The van der Waals surface area contributed by atoms with Gasteiger partial charge in [-0.1, -0.05) is 29.4 Å². The molecule has 1 aromatic heterocycles. The Kier molecular flexibility index (Phi) is 9.06. The monoisotopic (exact) mass is 503 g/mol. The SMILES string of the molecule is C=CCn1c(CC(=O)Nc2ccc(OCC)cc2)nnc1SCC(=O)Nc1ccc(F)c(Cl)c1. The maximum atomic E-state index is 13.3. The number of nitrogens with one attached hydrogen (secondary N) is 2. The molecule has 3 rings (SSSR count). The standard InChI is InChI=1S/C23H23ClFN5O3S/c1-3-11-30-20(13-21(31)26-15-5-8-17(9-6-15)33-4-2)28-29-23(30)34-14-22(32)27-16-7-10-19(25)18(24)12-16/h3,5-10,12H,1,4,11,13-14H2,2H3,(H,26,31)(H,27,32). The highest BCUT2D eigenvalue weighted by Crippen LogP contribution is 2.22. The first kappa shape index (κ1) is 25.3. The molecule has 0 saturated carbocycles. The first-order chi connectivity index (χ1) is 16.4. The summed E-state index contributed by atoms with van der Waals surface area (Å²) in [6, 6.07) is 11.0. The molecule has 8 nitrogen and oxygen atoms in total. The zero-order chi connectivity index (χ0) is 24.5. The number of anilines is 2. The maximum absolute atomic E-state index is 13.3. The van der Waals surface area contributed by atoms with Gasteiger partial charge in [-0.2, -0.15) is 0 Å². The second kappa shape index (κ2) is 12.2. The third-order valence-electron chi connectivity index (χ3n) is 4.41. The first-order valence-corrected chi connectivity index (χ1v) is 11.7. The minimum absolute atomic E-state index is 0.00507. The maximum Gasteiger partial charge on any atom is 0.234 e. The molecule has 0 aliphatic carbocycles. The molecule has 0 aliphatic rings. The molecular formula is C23H23ClFN5O3S. The number of hydrogen-bond acceptors (Lipinski definition) is 6. The van der Waals surface area contributed by atoms with Crippen molar-refractivity contribution < 1.29 is 18.7 Å². The lowest BCUT2D eigenvalue weighted by molar-refractivity contribution is -0.116. The van der Waals surface area contributed by atoms with Crippen LogP contribution in [-0.2, 0) is 22.6 Å². The number of benzene rings is 2. The van der Waals surface area contributed by atoms with Crippen LogP contribution in [-0.4, -0.2) is 38.9 Å². The van der Waals surface area contributed by atoms with E-state index in [1.54, 1.807) is 34.9 Å². The second-order valence-electron chi connectivity index (χ2n) is 6.95. The summed E-state index contributed by atoms with van der Waals surface area (Å²) in [4.78, 5) is 24.8. The normalized spacial score (nSPS) is 10.6. The van der Waals surface area contributed by atoms with Gasteiger partial charge in [0.1, 0.15) is 17.4 Å². The molecule has 0 unspecified atom stereocenters. The van der Waals surface area contributed by atoms with Gasteiger partial charge in [0, 0.05) is 17.9 Å². The molecule has 3 aromatic rings. The summed E-state index contributed by atoms with van der Waals surface area (Å²) in [5.74, 6) is 0.0458. The molecule has 2 N–H and O–H groups in total. The highest BCUT2D eigenvalue weighted by molar-refractivity contribution is 7.99. The van der Waals surface area contributed by atoms with E-state index in [1.165, 1.54) is 18.2 Å². The highest BCUT2D eigenvalue weighted by Gasteiger charge is 2.17. The van der Waals surface area contributed by atoms with Gasteiger partial charge < -0.3 is 19.9 Å². The molecule has 2 amide bonds. The van der Waals surface area contributed by atoms with Gasteiger partial charge in [0.15, 0.2) is 5.16 Å². The summed E-state index contributed by atoms with van der Waals surface area (Å²) in [6.07, 6.45) is 1.65. The third-order valence-corrected chi connectivity index (χ3v) is 5.67. The highest BCUT2D eigenvalue weighted by atomic mass is 35.5. The van der Waals surface area contributed by atoms with Gasteiger partial charge in [0.2, 0.25) is 11.8 Å². The number of nitrogens with zero attached hydrogens (tertiary/aromatic N) is 3. The van der Waals surface area contributed by atoms with Gasteiger partial charge in [-0.25, -0.2) is 4.39 Å². The van der Waals surface area contributed by atoms with E-state index in [9.17, 15) is 14.0 Å². The van der Waals surface area contributed by atoms with Crippen LogP contribution >= 0.6 is 23.4 Å². The van der Waals surface area contributed by atoms with Crippen LogP contribution in [0.4, 0.5) is 15.8 Å². The molecule has 0 spiro atoms. The van der Waals surface area contributed by atoms with Crippen molar-refractivity contribution in [2.24, 2.45) is 0 Å². The number of allylic oxidation sites excluding steroid dienone is 1. The van der Waals surface area contributed by atoms with E-state index in [1.807, 2.05) is 6.92 Å². The molecule has 0 saturated heterocycles. The number of carbonyl (C=O) groups is 2. The second-order valence-corrected chi connectivity index (χ2v) is 8.30. The lowest BCUT2D eigenvalue weighted by Crippen LogP contribution is -2.18. The van der Waals surface area contributed by atoms with Crippen molar-refractivity contribution in [1.82, 2.24) is 14.8 Å². The summed E-state index contributed by atoms with van der Waals surface area (Å²) in [7, 11) is 0. The van der Waals surface area contributed by atoms with Crippen LogP contribution in [0.2, 0.25) is 5.02 Å². The quantitative estimate of drug-likeness (QED) is 0.294. The average molecular weight is 504 g/mol. The van der Waals surface area contributed by atoms with Crippen LogP contribution in [0.25, 0.3) is 0 Å². The van der Waals surface area contributed by atoms with Crippen molar-refractivity contribution in [2.45, 2.75) is 25.0 Å². The van der Waals surface area contributed by atoms with Crippen molar-refractivity contribution in [3.05, 3.63) is 71.8 Å². The first-order valence-electron chi connectivity index (χ1n) is 10.3. The molecule has 0 aliphatic heterocycles. The largest absolute Gasteiger partial charge is 0.494 e. The molecule has 0 bridgehead atoms. The molecule has 2 aromatic carbocycles. The Morgan fingerprint density at radius 1 is 1.15 bits per heavy atom. The summed E-state index contributed by atoms with van der Waals surface area (Å²) in [6.45, 7) is 6.57. The minimum atomic E-state index is -0.564. The lowest BCUT2D eigenvalue weighted by Gasteiger charge is -2.09. The van der Waals surface area contributed by atoms with Crippen molar-refractivity contribution in [2.75, 3.05) is 23.0 Å². The van der Waals surface area contributed by atoms with E-state index in [4.69, 9.17) is 16.3 Å². The van der Waals surface area contributed by atoms with Crippen molar-refractivity contribution in [3.8, 4) is 5.75 Å². The van der Waals surface area contributed by atoms with E-state index in [-0.39, 0.29) is 29.0 Å². The van der Waals surface area contributed by atoms with Gasteiger partial charge in [-0.05, 0) is 49.4 Å². The Balaban J connectivity index is 1.59. The molecule has 178 valence electrons. The number of amides is 2. The van der Waals surface area contributed by atoms with Crippen LogP contribution in [0.15, 0.2) is 60.3 Å². The minimum Gasteiger partial charge on any atom is -0.494 e. The number of ether oxygens (including phenoxy) is 1. The molecule has 1 heterocycles. The topological polar surface area (TPSA) is 98.1 Å². The number of rotatable bonds is 11. The van der Waals surface area contributed by atoms with Crippen LogP contribution in [0.1, 0.15) is 12.7 Å². The van der Waals surface area contributed by atoms with Gasteiger partial charge in [0.25, 0.3) is 0 Å². The number of hydrogen-bond donors (Lipinski definition) is 2. The smallest absolute Gasteiger partial charge is 0.234 e. The molecule has 0 radical (unpaired) electrons. The van der Waals surface area contributed by atoms with Gasteiger partial charge >= 0.3 is 0 Å². The zero-order valence-corrected chi connectivity index (χ0v) is 20.0. The van der Waals surface area contributed by atoms with Crippen LogP contribution < -0.4 is 15.4 Å². The number of halogens is 2. The predicted octanol–water partition coefficient (Wildman–Crippen LogP) is 4.57. The fourth-order valence-corrected chi connectivity index (χ4v) is 3.87. The molecule has 0 fully saturated rings. The summed E-state index contributed by atoms with van der Waals surface area (Å²) < 4.78 is 20.4. The molecular weight excluding hydrogens is 481 g/mol. The lowest BCUT2D eigenvalue weighted by atomic mass is 10.3. The Labute approximate surface area is 205 Å². The Hall–Kier alpha value is -3.37.